The summed E-state index contributed by atoms with van der Waals surface area (Å²) >= 11 is 0. The number of fused-ring (bicyclic) bond motifs is 2. The molecule has 1 amide bonds. The molecule has 4 unspecified atom stereocenters. The van der Waals surface area contributed by atoms with Crippen LogP contribution in [-0.4, -0.2) is 50.1 Å². The van der Waals surface area contributed by atoms with Gasteiger partial charge in [-0.25, -0.2) is 0 Å². The SMILES string of the molecule is CNCC1CCN(CC(=O)NC(C)C2CC3CCC2C3)CC1. The maximum Gasteiger partial charge on any atom is 0.234 e. The first-order chi connectivity index (χ1) is 10.7. The van der Waals surface area contributed by atoms with Gasteiger partial charge < -0.3 is 10.6 Å². The number of hydrogen-bond donors (Lipinski definition) is 2. The van der Waals surface area contributed by atoms with Gasteiger partial charge in [-0.05, 0) is 89.4 Å². The van der Waals surface area contributed by atoms with Gasteiger partial charge in [0.2, 0.25) is 5.91 Å². The Hall–Kier alpha value is -0.610. The molecular weight excluding hydrogens is 274 g/mol. The normalized spacial score (nSPS) is 34.0. The minimum absolute atomic E-state index is 0.238. The van der Waals surface area contributed by atoms with Gasteiger partial charge in [0.15, 0.2) is 0 Å². The van der Waals surface area contributed by atoms with Crippen LogP contribution in [0.1, 0.15) is 45.4 Å². The van der Waals surface area contributed by atoms with Crippen LogP contribution < -0.4 is 10.6 Å². The molecule has 3 rings (SSSR count). The molecule has 4 nitrogen and oxygen atoms in total. The van der Waals surface area contributed by atoms with E-state index >= 15 is 0 Å². The van der Waals surface area contributed by atoms with Crippen molar-refractivity contribution < 1.29 is 4.79 Å². The van der Waals surface area contributed by atoms with Crippen LogP contribution in [0.2, 0.25) is 0 Å². The van der Waals surface area contributed by atoms with Crippen LogP contribution in [-0.2, 0) is 4.79 Å². The summed E-state index contributed by atoms with van der Waals surface area (Å²) in [4.78, 5) is 14.7. The third-order valence-electron chi connectivity index (χ3n) is 6.39. The predicted octanol–water partition coefficient (Wildman–Crippen LogP) is 1.86. The Morgan fingerprint density at radius 1 is 1.18 bits per heavy atom. The number of amides is 1. The Labute approximate surface area is 135 Å². The molecule has 2 aliphatic carbocycles. The van der Waals surface area contributed by atoms with E-state index in [4.69, 9.17) is 0 Å². The van der Waals surface area contributed by atoms with Gasteiger partial charge in [0.05, 0.1) is 6.54 Å². The summed E-state index contributed by atoms with van der Waals surface area (Å²) in [7, 11) is 2.02. The molecule has 0 spiro atoms. The molecule has 0 aromatic rings. The number of likely N-dealkylation sites (tertiary alicyclic amines) is 1. The van der Waals surface area contributed by atoms with Crippen molar-refractivity contribution in [3.05, 3.63) is 0 Å². The van der Waals surface area contributed by atoms with Crippen LogP contribution in [0.3, 0.4) is 0 Å². The highest BCUT2D eigenvalue weighted by molar-refractivity contribution is 5.78. The lowest BCUT2D eigenvalue weighted by Crippen LogP contribution is -2.47. The minimum Gasteiger partial charge on any atom is -0.352 e. The average molecular weight is 307 g/mol. The number of nitrogens with one attached hydrogen (secondary N) is 2. The summed E-state index contributed by atoms with van der Waals surface area (Å²) in [5, 5.41) is 6.56. The summed E-state index contributed by atoms with van der Waals surface area (Å²) in [6.45, 7) is 6.08. The van der Waals surface area contributed by atoms with Gasteiger partial charge in [-0.15, -0.1) is 0 Å². The summed E-state index contributed by atoms with van der Waals surface area (Å²) in [6, 6.07) is 0.365. The molecule has 1 heterocycles. The summed E-state index contributed by atoms with van der Waals surface area (Å²) < 4.78 is 0. The van der Waals surface area contributed by atoms with Crippen molar-refractivity contribution in [2.24, 2.45) is 23.7 Å². The van der Waals surface area contributed by atoms with Crippen molar-refractivity contribution in [1.82, 2.24) is 15.5 Å². The average Bonchev–Trinajstić information content (AvgIpc) is 3.12. The molecule has 22 heavy (non-hydrogen) atoms. The monoisotopic (exact) mass is 307 g/mol. The smallest absolute Gasteiger partial charge is 0.234 e. The molecule has 4 atom stereocenters. The van der Waals surface area contributed by atoms with Crippen LogP contribution in [0.15, 0.2) is 0 Å². The van der Waals surface area contributed by atoms with Gasteiger partial charge in [-0.1, -0.05) is 6.42 Å². The molecule has 4 heteroatoms. The summed E-state index contributed by atoms with van der Waals surface area (Å²) in [5.41, 5.74) is 0. The van der Waals surface area contributed by atoms with Crippen molar-refractivity contribution >= 4 is 5.91 Å². The molecule has 0 aromatic heterocycles. The van der Waals surface area contributed by atoms with Crippen LogP contribution in [0.25, 0.3) is 0 Å². The van der Waals surface area contributed by atoms with E-state index < -0.39 is 0 Å². The second-order valence-electron chi connectivity index (χ2n) is 7.97. The zero-order chi connectivity index (χ0) is 15.5. The van der Waals surface area contributed by atoms with Crippen LogP contribution in [0, 0.1) is 23.7 Å². The van der Waals surface area contributed by atoms with Crippen LogP contribution >= 0.6 is 0 Å². The number of piperidine rings is 1. The zero-order valence-electron chi connectivity index (χ0n) is 14.3. The predicted molar refractivity (Wildman–Crippen MR) is 89.6 cm³/mol. The highest BCUT2D eigenvalue weighted by Gasteiger charge is 2.42. The maximum atomic E-state index is 12.3. The van der Waals surface area contributed by atoms with Crippen molar-refractivity contribution in [1.29, 1.82) is 0 Å². The fourth-order valence-electron chi connectivity index (χ4n) is 5.15. The topological polar surface area (TPSA) is 44.4 Å². The molecule has 3 aliphatic rings. The molecule has 3 fully saturated rings. The van der Waals surface area contributed by atoms with E-state index in [1.807, 2.05) is 7.05 Å². The van der Waals surface area contributed by atoms with Gasteiger partial charge in [-0.2, -0.15) is 0 Å². The van der Waals surface area contributed by atoms with Crippen molar-refractivity contribution in [3.63, 3.8) is 0 Å². The Bertz CT molecular complexity index is 379. The molecule has 1 saturated heterocycles. The lowest BCUT2D eigenvalue weighted by Gasteiger charge is -2.33. The van der Waals surface area contributed by atoms with Gasteiger partial charge in [0, 0.05) is 6.04 Å². The second kappa shape index (κ2) is 7.31. The van der Waals surface area contributed by atoms with E-state index in [0.717, 1.165) is 43.3 Å². The van der Waals surface area contributed by atoms with Crippen LogP contribution in [0.4, 0.5) is 0 Å². The molecule has 0 radical (unpaired) electrons. The lowest BCUT2D eigenvalue weighted by atomic mass is 9.84. The van der Waals surface area contributed by atoms with Crippen molar-refractivity contribution in [2.75, 3.05) is 33.2 Å². The summed E-state index contributed by atoms with van der Waals surface area (Å²) in [5.74, 6) is 3.61. The second-order valence-corrected chi connectivity index (χ2v) is 7.97. The van der Waals surface area contributed by atoms with Gasteiger partial charge in [0.25, 0.3) is 0 Å². The summed E-state index contributed by atoms with van der Waals surface area (Å²) in [6.07, 6.45) is 8.04. The third-order valence-corrected chi connectivity index (χ3v) is 6.39. The first-order valence-electron chi connectivity index (χ1n) is 9.32. The Morgan fingerprint density at radius 3 is 2.55 bits per heavy atom. The van der Waals surface area contributed by atoms with E-state index in [9.17, 15) is 4.79 Å². The van der Waals surface area contributed by atoms with Gasteiger partial charge >= 0.3 is 0 Å². The Morgan fingerprint density at radius 2 is 1.95 bits per heavy atom. The standard InChI is InChI=1S/C18H33N3O/c1-13(17-10-15-3-4-16(17)9-15)20-18(22)12-21-7-5-14(6-8-21)11-19-2/h13-17,19H,3-12H2,1-2H3,(H,20,22). The Balaban J connectivity index is 1.37. The van der Waals surface area contributed by atoms with E-state index in [1.54, 1.807) is 0 Å². The van der Waals surface area contributed by atoms with E-state index in [-0.39, 0.29) is 5.91 Å². The number of carbonyl (C=O) groups excluding carboxylic acids is 1. The van der Waals surface area contributed by atoms with E-state index in [2.05, 4.69) is 22.5 Å². The van der Waals surface area contributed by atoms with E-state index in [0.29, 0.717) is 12.6 Å². The van der Waals surface area contributed by atoms with Gasteiger partial charge in [-0.3, -0.25) is 9.69 Å². The fraction of sp³-hybridized carbons (Fsp3) is 0.944. The molecule has 2 bridgehead atoms. The number of hydrogen-bond acceptors (Lipinski definition) is 3. The molecule has 2 N–H and O–H groups in total. The largest absolute Gasteiger partial charge is 0.352 e. The lowest BCUT2D eigenvalue weighted by molar-refractivity contribution is -0.123. The Kier molecular flexibility index (Phi) is 5.40. The minimum atomic E-state index is 0.238. The molecule has 1 aliphatic heterocycles. The highest BCUT2D eigenvalue weighted by atomic mass is 16.2. The third kappa shape index (κ3) is 3.83. The first-order valence-corrected chi connectivity index (χ1v) is 9.32. The zero-order valence-corrected chi connectivity index (χ0v) is 14.3. The number of nitrogens with zero attached hydrogens (tertiary/aromatic N) is 1. The molecule has 126 valence electrons. The van der Waals surface area contributed by atoms with Crippen LogP contribution in [0.5, 0.6) is 0 Å². The maximum absolute atomic E-state index is 12.3. The first kappa shape index (κ1) is 16.3. The highest BCUT2D eigenvalue weighted by Crippen LogP contribution is 2.49. The molecule has 2 saturated carbocycles. The molecule has 0 aromatic carbocycles. The molecular formula is C18H33N3O. The van der Waals surface area contributed by atoms with E-state index in [1.165, 1.54) is 38.5 Å². The fourth-order valence-corrected chi connectivity index (χ4v) is 5.15. The quantitative estimate of drug-likeness (QED) is 0.787. The van der Waals surface area contributed by atoms with Gasteiger partial charge in [0.1, 0.15) is 0 Å². The number of carbonyl (C=O) groups is 1. The van der Waals surface area contributed by atoms with Crippen molar-refractivity contribution in [2.45, 2.75) is 51.5 Å². The van der Waals surface area contributed by atoms with Crippen molar-refractivity contribution in [3.8, 4) is 0 Å². The number of rotatable bonds is 6.